The molecule has 0 bridgehead atoms. The molecule has 7 nitrogen and oxygen atoms in total. The number of benzene rings is 3. The van der Waals surface area contributed by atoms with Crippen LogP contribution in [0.5, 0.6) is 11.5 Å². The standard InChI is InChI=1S/C23H24N2O5S/c1-3-30-22-15-8-7-14-21(22)24-23(26)17-25(18-10-9-11-19(16-18)29-2)31(27,28)20-12-5-4-6-13-20/h4-16H,3,17H2,1-2H3,(H,24,26). The Morgan fingerprint density at radius 3 is 2.39 bits per heavy atom. The summed E-state index contributed by atoms with van der Waals surface area (Å²) in [5.74, 6) is 0.486. The number of nitrogens with zero attached hydrogens (tertiary/aromatic N) is 1. The van der Waals surface area contributed by atoms with Gasteiger partial charge in [-0.3, -0.25) is 9.10 Å². The van der Waals surface area contributed by atoms with E-state index in [4.69, 9.17) is 9.47 Å². The summed E-state index contributed by atoms with van der Waals surface area (Å²) in [5, 5.41) is 2.75. The molecule has 0 heterocycles. The van der Waals surface area contributed by atoms with Crippen LogP contribution in [0.3, 0.4) is 0 Å². The zero-order valence-corrected chi connectivity index (χ0v) is 18.1. The SMILES string of the molecule is CCOc1ccccc1NC(=O)CN(c1cccc(OC)c1)S(=O)(=O)c1ccccc1. The Kier molecular flexibility index (Phi) is 7.15. The highest BCUT2D eigenvalue weighted by atomic mass is 32.2. The van der Waals surface area contributed by atoms with Crippen LogP contribution in [0.25, 0.3) is 0 Å². The molecule has 0 spiro atoms. The van der Waals surface area contributed by atoms with Gasteiger partial charge in [0.1, 0.15) is 18.0 Å². The Morgan fingerprint density at radius 1 is 0.968 bits per heavy atom. The van der Waals surface area contributed by atoms with E-state index in [2.05, 4.69) is 5.32 Å². The highest BCUT2D eigenvalue weighted by Crippen LogP contribution is 2.28. The van der Waals surface area contributed by atoms with Crippen molar-refractivity contribution in [3.8, 4) is 11.5 Å². The van der Waals surface area contributed by atoms with E-state index in [9.17, 15) is 13.2 Å². The lowest BCUT2D eigenvalue weighted by atomic mass is 10.3. The molecule has 0 aliphatic carbocycles. The normalized spacial score (nSPS) is 10.9. The molecule has 0 fully saturated rings. The first kappa shape index (κ1) is 22.2. The Labute approximate surface area is 182 Å². The van der Waals surface area contributed by atoms with Gasteiger partial charge in [-0.25, -0.2) is 8.42 Å². The van der Waals surface area contributed by atoms with Gasteiger partial charge >= 0.3 is 0 Å². The number of rotatable bonds is 9. The van der Waals surface area contributed by atoms with E-state index in [1.54, 1.807) is 66.7 Å². The summed E-state index contributed by atoms with van der Waals surface area (Å²) in [6.45, 7) is 1.85. The summed E-state index contributed by atoms with van der Waals surface area (Å²) in [6, 6.07) is 21.5. The summed E-state index contributed by atoms with van der Waals surface area (Å²) in [4.78, 5) is 13.0. The van der Waals surface area contributed by atoms with Crippen molar-refractivity contribution in [1.82, 2.24) is 0 Å². The molecule has 31 heavy (non-hydrogen) atoms. The van der Waals surface area contributed by atoms with Gasteiger partial charge in [-0.2, -0.15) is 0 Å². The molecule has 1 amide bonds. The Balaban J connectivity index is 1.94. The molecule has 0 aromatic heterocycles. The quantitative estimate of drug-likeness (QED) is 0.545. The molecule has 8 heteroatoms. The minimum absolute atomic E-state index is 0.0836. The zero-order chi connectivity index (χ0) is 22.3. The van der Waals surface area contributed by atoms with Crippen molar-refractivity contribution in [2.24, 2.45) is 0 Å². The number of carbonyl (C=O) groups excluding carboxylic acids is 1. The molecular formula is C23H24N2O5S. The van der Waals surface area contributed by atoms with Crippen LogP contribution < -0.4 is 19.1 Å². The average Bonchev–Trinajstić information content (AvgIpc) is 2.79. The van der Waals surface area contributed by atoms with Gasteiger partial charge in [0.25, 0.3) is 10.0 Å². The second-order valence-electron chi connectivity index (χ2n) is 6.50. The second-order valence-corrected chi connectivity index (χ2v) is 8.37. The van der Waals surface area contributed by atoms with Gasteiger partial charge in [0.2, 0.25) is 5.91 Å². The van der Waals surface area contributed by atoms with Crippen LogP contribution in [0.1, 0.15) is 6.92 Å². The van der Waals surface area contributed by atoms with Gasteiger partial charge < -0.3 is 14.8 Å². The van der Waals surface area contributed by atoms with Gasteiger partial charge in [0.15, 0.2) is 0 Å². The van der Waals surface area contributed by atoms with Gasteiger partial charge in [-0.1, -0.05) is 36.4 Å². The van der Waals surface area contributed by atoms with E-state index in [0.29, 0.717) is 29.5 Å². The smallest absolute Gasteiger partial charge is 0.264 e. The first-order chi connectivity index (χ1) is 15.0. The third-order valence-electron chi connectivity index (χ3n) is 4.42. The van der Waals surface area contributed by atoms with Crippen LogP contribution in [-0.2, 0) is 14.8 Å². The summed E-state index contributed by atoms with van der Waals surface area (Å²) < 4.78 is 38.6. The first-order valence-corrected chi connectivity index (χ1v) is 11.1. The Hall–Kier alpha value is -3.52. The van der Waals surface area contributed by atoms with Crippen molar-refractivity contribution in [2.45, 2.75) is 11.8 Å². The zero-order valence-electron chi connectivity index (χ0n) is 17.3. The fourth-order valence-electron chi connectivity index (χ4n) is 2.97. The van der Waals surface area contributed by atoms with Crippen molar-refractivity contribution in [3.05, 3.63) is 78.9 Å². The predicted octanol–water partition coefficient (Wildman–Crippen LogP) is 3.93. The minimum atomic E-state index is -4.00. The van der Waals surface area contributed by atoms with E-state index in [1.165, 1.54) is 19.2 Å². The van der Waals surface area contributed by atoms with Gasteiger partial charge in [-0.15, -0.1) is 0 Å². The molecule has 162 valence electrons. The third kappa shape index (κ3) is 5.35. The van der Waals surface area contributed by atoms with E-state index in [1.807, 2.05) is 6.92 Å². The maximum Gasteiger partial charge on any atom is 0.264 e. The van der Waals surface area contributed by atoms with E-state index < -0.39 is 22.5 Å². The number of methoxy groups -OCH3 is 1. The average molecular weight is 441 g/mol. The number of hydrogen-bond donors (Lipinski definition) is 1. The van der Waals surface area contributed by atoms with Crippen molar-refractivity contribution in [3.63, 3.8) is 0 Å². The summed E-state index contributed by atoms with van der Waals surface area (Å²) in [5.41, 5.74) is 0.786. The maximum atomic E-state index is 13.4. The number of ether oxygens (including phenoxy) is 2. The fourth-order valence-corrected chi connectivity index (χ4v) is 4.41. The molecule has 0 aliphatic heterocycles. The second kappa shape index (κ2) is 9.99. The number of nitrogens with one attached hydrogen (secondary N) is 1. The number of hydrogen-bond acceptors (Lipinski definition) is 5. The molecule has 0 saturated carbocycles. The van der Waals surface area contributed by atoms with Crippen molar-refractivity contribution in [2.75, 3.05) is 29.9 Å². The van der Waals surface area contributed by atoms with E-state index in [0.717, 1.165) is 4.31 Å². The number of carbonyl (C=O) groups is 1. The Morgan fingerprint density at radius 2 is 1.68 bits per heavy atom. The molecule has 1 N–H and O–H groups in total. The fraction of sp³-hybridized carbons (Fsp3) is 0.174. The molecule has 0 unspecified atom stereocenters. The third-order valence-corrected chi connectivity index (χ3v) is 6.21. The lowest BCUT2D eigenvalue weighted by molar-refractivity contribution is -0.114. The molecule has 3 aromatic carbocycles. The number of para-hydroxylation sites is 2. The molecule has 0 aliphatic rings. The summed E-state index contributed by atoms with van der Waals surface area (Å²) in [6.07, 6.45) is 0. The topological polar surface area (TPSA) is 84.9 Å². The highest BCUT2D eigenvalue weighted by molar-refractivity contribution is 7.92. The molecule has 0 radical (unpaired) electrons. The first-order valence-electron chi connectivity index (χ1n) is 9.69. The number of amides is 1. The Bertz CT molecular complexity index is 1130. The van der Waals surface area contributed by atoms with Crippen LogP contribution in [0, 0.1) is 0 Å². The number of sulfonamides is 1. The molecular weight excluding hydrogens is 416 g/mol. The lowest BCUT2D eigenvalue weighted by Crippen LogP contribution is -2.38. The lowest BCUT2D eigenvalue weighted by Gasteiger charge is -2.24. The largest absolute Gasteiger partial charge is 0.497 e. The van der Waals surface area contributed by atoms with Crippen LogP contribution in [0.2, 0.25) is 0 Å². The van der Waals surface area contributed by atoms with Gasteiger partial charge in [0.05, 0.1) is 30.0 Å². The van der Waals surface area contributed by atoms with E-state index in [-0.39, 0.29) is 4.90 Å². The van der Waals surface area contributed by atoms with E-state index >= 15 is 0 Å². The van der Waals surface area contributed by atoms with Crippen molar-refractivity contribution >= 4 is 27.3 Å². The van der Waals surface area contributed by atoms with Crippen LogP contribution in [-0.4, -0.2) is 34.6 Å². The summed E-state index contributed by atoms with van der Waals surface area (Å²) in [7, 11) is -2.51. The monoisotopic (exact) mass is 440 g/mol. The van der Waals surface area contributed by atoms with Crippen molar-refractivity contribution in [1.29, 1.82) is 0 Å². The minimum Gasteiger partial charge on any atom is -0.497 e. The molecule has 0 saturated heterocycles. The highest BCUT2D eigenvalue weighted by Gasteiger charge is 2.27. The van der Waals surface area contributed by atoms with Gasteiger partial charge in [-0.05, 0) is 43.3 Å². The van der Waals surface area contributed by atoms with Crippen LogP contribution >= 0.6 is 0 Å². The molecule has 3 rings (SSSR count). The van der Waals surface area contributed by atoms with Crippen LogP contribution in [0.4, 0.5) is 11.4 Å². The molecule has 0 atom stereocenters. The number of anilines is 2. The maximum absolute atomic E-state index is 13.4. The van der Waals surface area contributed by atoms with Gasteiger partial charge in [0, 0.05) is 6.07 Å². The van der Waals surface area contributed by atoms with Crippen LogP contribution in [0.15, 0.2) is 83.8 Å². The molecule has 3 aromatic rings. The van der Waals surface area contributed by atoms with Crippen molar-refractivity contribution < 1.29 is 22.7 Å². The predicted molar refractivity (Wildman–Crippen MR) is 120 cm³/mol. The summed E-state index contributed by atoms with van der Waals surface area (Å²) >= 11 is 0.